The number of thiazole rings is 1. The Morgan fingerprint density at radius 2 is 2.17 bits per heavy atom. The Morgan fingerprint density at radius 1 is 1.58 bits per heavy atom. The molecule has 5 nitrogen and oxygen atoms in total. The van der Waals surface area contributed by atoms with E-state index in [1.165, 1.54) is 5.38 Å². The number of carbonyl (C=O) groups excluding carboxylic acids is 2. The number of ketones is 1. The van der Waals surface area contributed by atoms with E-state index in [4.69, 9.17) is 5.73 Å². The van der Waals surface area contributed by atoms with Gasteiger partial charge in [0.2, 0.25) is 5.78 Å². The maximum atomic E-state index is 10.6. The Hall–Kier alpha value is 0.206. The summed E-state index contributed by atoms with van der Waals surface area (Å²) >= 11 is 1.00. The van der Waals surface area contributed by atoms with Crippen LogP contribution < -0.4 is 62.2 Å². The standard InChI is InChI=1S/C5H4N2O3S.K/c6-5-7-2(1-11-5)3(8)4(9)10;/h1H,(H2,6,7)(H,9,10);/q;+1/p-1. The molecule has 1 aromatic rings. The number of carboxylic acids is 1. The Bertz CT molecular complexity index is 311. The van der Waals surface area contributed by atoms with E-state index in [0.717, 1.165) is 11.3 Å². The normalized spacial score (nSPS) is 8.67. The summed E-state index contributed by atoms with van der Waals surface area (Å²) in [6.45, 7) is 0. The summed E-state index contributed by atoms with van der Waals surface area (Å²) in [6, 6.07) is 0. The fourth-order valence-corrected chi connectivity index (χ4v) is 1.04. The van der Waals surface area contributed by atoms with Crippen molar-refractivity contribution in [1.29, 1.82) is 0 Å². The molecular weight excluding hydrogens is 207 g/mol. The molecule has 0 amide bonds. The van der Waals surface area contributed by atoms with Gasteiger partial charge in [0.05, 0.1) is 0 Å². The third-order valence-electron chi connectivity index (χ3n) is 0.940. The first kappa shape index (κ1) is 12.2. The average Bonchev–Trinajstić information content (AvgIpc) is 2.34. The number of Topliss-reactive ketones (excluding diaryl/α,β-unsaturated/α-hetero) is 1. The number of carbonyl (C=O) groups is 2. The van der Waals surface area contributed by atoms with E-state index in [9.17, 15) is 14.7 Å². The number of aromatic nitrogens is 1. The first-order chi connectivity index (χ1) is 5.11. The Kier molecular flexibility index (Phi) is 5.14. The number of hydrogen-bond acceptors (Lipinski definition) is 6. The number of nitrogens with two attached hydrogens (primary N) is 1. The number of nitrogens with zero attached hydrogens (tertiary/aromatic N) is 1. The summed E-state index contributed by atoms with van der Waals surface area (Å²) in [5, 5.41) is 11.4. The van der Waals surface area contributed by atoms with Crippen LogP contribution in [0.2, 0.25) is 0 Å². The van der Waals surface area contributed by atoms with Gasteiger partial charge in [-0.3, -0.25) is 4.79 Å². The van der Waals surface area contributed by atoms with Crippen molar-refractivity contribution in [3.8, 4) is 0 Å². The predicted octanol–water partition coefficient (Wildman–Crippen LogP) is -4.34. The molecule has 58 valence electrons. The van der Waals surface area contributed by atoms with Crippen LogP contribution in [0.3, 0.4) is 0 Å². The molecule has 0 aliphatic rings. The van der Waals surface area contributed by atoms with Gasteiger partial charge in [-0.15, -0.1) is 11.3 Å². The molecule has 0 bridgehead atoms. The van der Waals surface area contributed by atoms with Crippen LogP contribution in [-0.4, -0.2) is 16.7 Å². The number of nitrogen functional groups attached to an aromatic ring is 1. The Labute approximate surface area is 114 Å². The van der Waals surface area contributed by atoms with Crippen molar-refractivity contribution in [2.45, 2.75) is 0 Å². The van der Waals surface area contributed by atoms with Gasteiger partial charge in [-0.1, -0.05) is 0 Å². The summed E-state index contributed by atoms with van der Waals surface area (Å²) in [5.41, 5.74) is 4.98. The second-order valence-electron chi connectivity index (χ2n) is 1.69. The maximum absolute atomic E-state index is 10.6. The minimum atomic E-state index is -1.77. The van der Waals surface area contributed by atoms with E-state index in [-0.39, 0.29) is 62.2 Å². The van der Waals surface area contributed by atoms with Gasteiger partial charge in [0, 0.05) is 5.38 Å². The largest absolute Gasteiger partial charge is 1.00 e. The van der Waals surface area contributed by atoms with Crippen molar-refractivity contribution >= 4 is 28.2 Å². The molecule has 0 aliphatic heterocycles. The van der Waals surface area contributed by atoms with E-state index in [1.807, 2.05) is 0 Å². The SMILES string of the molecule is Nc1nc(C(=O)C(=O)[O-])cs1.[K+]. The van der Waals surface area contributed by atoms with E-state index in [0.29, 0.717) is 0 Å². The number of carboxylic acid groups (broad SMARTS) is 1. The van der Waals surface area contributed by atoms with E-state index in [1.54, 1.807) is 0 Å². The van der Waals surface area contributed by atoms with Crippen molar-refractivity contribution < 1.29 is 66.1 Å². The maximum Gasteiger partial charge on any atom is 1.00 e. The molecule has 1 aromatic heterocycles. The van der Waals surface area contributed by atoms with Gasteiger partial charge in [-0.25, -0.2) is 4.98 Å². The van der Waals surface area contributed by atoms with Crippen molar-refractivity contribution in [2.24, 2.45) is 0 Å². The molecule has 0 aromatic carbocycles. The van der Waals surface area contributed by atoms with E-state index < -0.39 is 11.8 Å². The first-order valence-electron chi connectivity index (χ1n) is 2.58. The monoisotopic (exact) mass is 210 g/mol. The number of aliphatic carboxylic acids is 1. The van der Waals surface area contributed by atoms with Gasteiger partial charge >= 0.3 is 51.4 Å². The third kappa shape index (κ3) is 2.92. The zero-order chi connectivity index (χ0) is 8.43. The smallest absolute Gasteiger partial charge is 0.541 e. The van der Waals surface area contributed by atoms with Crippen LogP contribution in [-0.2, 0) is 4.79 Å². The molecule has 0 saturated heterocycles. The predicted molar refractivity (Wildman–Crippen MR) is 35.9 cm³/mol. The molecule has 0 saturated carbocycles. The molecule has 0 spiro atoms. The van der Waals surface area contributed by atoms with Gasteiger partial charge in [0.1, 0.15) is 11.7 Å². The van der Waals surface area contributed by atoms with Crippen molar-refractivity contribution in [3.63, 3.8) is 0 Å². The molecule has 0 unspecified atom stereocenters. The fraction of sp³-hybridized carbons (Fsp3) is 0. The van der Waals surface area contributed by atoms with Gasteiger partial charge in [-0.05, 0) is 0 Å². The number of hydrogen-bond donors (Lipinski definition) is 1. The zero-order valence-corrected chi connectivity index (χ0v) is 10.2. The van der Waals surface area contributed by atoms with E-state index in [2.05, 4.69) is 4.98 Å². The van der Waals surface area contributed by atoms with Crippen molar-refractivity contribution in [1.82, 2.24) is 4.98 Å². The molecule has 0 aliphatic carbocycles. The van der Waals surface area contributed by atoms with Crippen LogP contribution in [0.4, 0.5) is 5.13 Å². The van der Waals surface area contributed by atoms with Crippen LogP contribution in [0, 0.1) is 0 Å². The Morgan fingerprint density at radius 3 is 2.50 bits per heavy atom. The fourth-order valence-electron chi connectivity index (χ4n) is 0.496. The molecule has 2 N–H and O–H groups in total. The minimum Gasteiger partial charge on any atom is -0.541 e. The Balaban J connectivity index is 0.00000121. The average molecular weight is 210 g/mol. The van der Waals surface area contributed by atoms with Gasteiger partial charge in [-0.2, -0.15) is 0 Å². The third-order valence-corrected chi connectivity index (χ3v) is 1.61. The van der Waals surface area contributed by atoms with Crippen LogP contribution in [0.5, 0.6) is 0 Å². The van der Waals surface area contributed by atoms with Gasteiger partial charge in [0.15, 0.2) is 5.13 Å². The summed E-state index contributed by atoms with van der Waals surface area (Å²) in [7, 11) is 0. The van der Waals surface area contributed by atoms with Gasteiger partial charge in [0.25, 0.3) is 0 Å². The molecule has 0 fully saturated rings. The first-order valence-corrected chi connectivity index (χ1v) is 3.46. The van der Waals surface area contributed by atoms with Crippen LogP contribution in [0.25, 0.3) is 0 Å². The van der Waals surface area contributed by atoms with Crippen LogP contribution in [0.15, 0.2) is 5.38 Å². The van der Waals surface area contributed by atoms with E-state index >= 15 is 0 Å². The van der Waals surface area contributed by atoms with Crippen molar-refractivity contribution in [2.75, 3.05) is 5.73 Å². The second-order valence-corrected chi connectivity index (χ2v) is 2.58. The summed E-state index contributed by atoms with van der Waals surface area (Å²) in [4.78, 5) is 24.0. The zero-order valence-electron chi connectivity index (χ0n) is 6.23. The number of anilines is 1. The summed E-state index contributed by atoms with van der Waals surface area (Å²) in [6.07, 6.45) is 0. The molecule has 1 heterocycles. The molecule has 0 radical (unpaired) electrons. The minimum absolute atomic E-state index is 0. The van der Waals surface area contributed by atoms with Crippen LogP contribution in [0.1, 0.15) is 10.5 Å². The summed E-state index contributed by atoms with van der Waals surface area (Å²) in [5.74, 6) is -2.91. The molecular formula is C5H3KN2O3S. The quantitative estimate of drug-likeness (QED) is 0.302. The summed E-state index contributed by atoms with van der Waals surface area (Å²) < 4.78 is 0. The molecule has 0 atom stereocenters. The number of rotatable bonds is 2. The van der Waals surface area contributed by atoms with Gasteiger partial charge < -0.3 is 15.6 Å². The second kappa shape index (κ2) is 5.05. The molecule has 12 heavy (non-hydrogen) atoms. The van der Waals surface area contributed by atoms with Crippen molar-refractivity contribution in [3.05, 3.63) is 11.1 Å². The molecule has 7 heteroatoms. The molecule has 1 rings (SSSR count). The topological polar surface area (TPSA) is 96.1 Å². The van der Waals surface area contributed by atoms with Crippen LogP contribution >= 0.6 is 11.3 Å².